The topological polar surface area (TPSA) is 78.4 Å². The summed E-state index contributed by atoms with van der Waals surface area (Å²) in [5.74, 6) is -0.995. The zero-order valence-corrected chi connectivity index (χ0v) is 11.1. The largest absolute Gasteiger partial charge is 0.480 e. The van der Waals surface area contributed by atoms with Gasteiger partial charge in [-0.15, -0.1) is 0 Å². The molecule has 1 rings (SSSR count). The lowest BCUT2D eigenvalue weighted by Crippen LogP contribution is -2.51. The van der Waals surface area contributed by atoms with Crippen molar-refractivity contribution in [2.75, 3.05) is 12.8 Å². The van der Waals surface area contributed by atoms with Gasteiger partial charge in [0, 0.05) is 11.3 Å². The summed E-state index contributed by atoms with van der Waals surface area (Å²) in [6, 6.07) is -1.19. The summed E-state index contributed by atoms with van der Waals surface area (Å²) in [6.07, 6.45) is 5.87. The molecule has 3 N–H and O–H groups in total. The van der Waals surface area contributed by atoms with Gasteiger partial charge in [-0.3, -0.25) is 0 Å². The highest BCUT2D eigenvalue weighted by molar-refractivity contribution is 8.00. The normalized spacial score (nSPS) is 18.9. The van der Waals surface area contributed by atoms with Crippen LogP contribution in [0.25, 0.3) is 0 Å². The smallest absolute Gasteiger partial charge is 0.326 e. The number of rotatable bonds is 6. The van der Waals surface area contributed by atoms with E-state index in [0.29, 0.717) is 13.0 Å². The number of hydrogen-bond donors (Lipinski definition) is 3. The number of hydrogen-bond acceptors (Lipinski definition) is 3. The Bertz CT molecular complexity index is 287. The van der Waals surface area contributed by atoms with E-state index in [0.717, 1.165) is 12.8 Å². The summed E-state index contributed by atoms with van der Waals surface area (Å²) < 4.78 is 0.169. The lowest BCUT2D eigenvalue weighted by atomic mass is 9.84. The molecule has 0 aromatic rings. The molecule has 0 saturated heterocycles. The molecule has 0 spiro atoms. The van der Waals surface area contributed by atoms with Gasteiger partial charge in [-0.2, -0.15) is 11.8 Å². The molecule has 6 heteroatoms. The SMILES string of the molecule is CCC(NC(=O)NCC1(SC)CCC1)C(=O)O. The minimum atomic E-state index is -0.995. The molecule has 1 unspecified atom stereocenters. The molecular weight excluding hydrogens is 240 g/mol. The second kappa shape index (κ2) is 6.14. The quantitative estimate of drug-likeness (QED) is 0.675. The lowest BCUT2D eigenvalue weighted by molar-refractivity contribution is -0.139. The fourth-order valence-corrected chi connectivity index (χ4v) is 2.73. The minimum absolute atomic E-state index is 0.169. The van der Waals surface area contributed by atoms with Crippen molar-refractivity contribution in [3.8, 4) is 0 Å². The lowest BCUT2D eigenvalue weighted by Gasteiger charge is -2.40. The van der Waals surface area contributed by atoms with Crippen LogP contribution in [0.15, 0.2) is 0 Å². The van der Waals surface area contributed by atoms with Gasteiger partial charge < -0.3 is 15.7 Å². The summed E-state index contributed by atoms with van der Waals surface area (Å²) in [4.78, 5) is 22.3. The maximum absolute atomic E-state index is 11.5. The van der Waals surface area contributed by atoms with Crippen LogP contribution in [-0.2, 0) is 4.79 Å². The molecule has 1 aliphatic rings. The van der Waals surface area contributed by atoms with Crippen LogP contribution in [0.1, 0.15) is 32.6 Å². The Balaban J connectivity index is 2.32. The predicted molar refractivity (Wildman–Crippen MR) is 68.3 cm³/mol. The summed E-state index contributed by atoms with van der Waals surface area (Å²) in [5.41, 5.74) is 0. The van der Waals surface area contributed by atoms with Crippen molar-refractivity contribution in [2.45, 2.75) is 43.4 Å². The van der Waals surface area contributed by atoms with Gasteiger partial charge in [0.1, 0.15) is 6.04 Å². The van der Waals surface area contributed by atoms with Gasteiger partial charge in [0.25, 0.3) is 0 Å². The van der Waals surface area contributed by atoms with Crippen LogP contribution in [-0.4, -0.2) is 40.7 Å². The molecule has 0 radical (unpaired) electrons. The highest BCUT2D eigenvalue weighted by Crippen LogP contribution is 2.42. The van der Waals surface area contributed by atoms with E-state index >= 15 is 0 Å². The monoisotopic (exact) mass is 260 g/mol. The Hall–Kier alpha value is -0.910. The van der Waals surface area contributed by atoms with Crippen LogP contribution >= 0.6 is 11.8 Å². The predicted octanol–water partition coefficient (Wildman–Crippen LogP) is 1.43. The first-order valence-corrected chi connectivity index (χ1v) is 7.08. The zero-order valence-electron chi connectivity index (χ0n) is 10.3. The molecule has 0 aromatic heterocycles. The van der Waals surface area contributed by atoms with E-state index in [9.17, 15) is 9.59 Å². The first kappa shape index (κ1) is 14.2. The van der Waals surface area contributed by atoms with E-state index in [4.69, 9.17) is 5.11 Å². The first-order valence-electron chi connectivity index (χ1n) is 5.85. The standard InChI is InChI=1S/C11H20N2O3S/c1-3-8(9(14)15)13-10(16)12-7-11(17-2)5-4-6-11/h8H,3-7H2,1-2H3,(H,14,15)(H2,12,13,16). The van der Waals surface area contributed by atoms with Crippen LogP contribution in [0.3, 0.4) is 0 Å². The minimum Gasteiger partial charge on any atom is -0.480 e. The number of thioether (sulfide) groups is 1. The van der Waals surface area contributed by atoms with Gasteiger partial charge in [0.05, 0.1) is 0 Å². The molecule has 98 valence electrons. The van der Waals surface area contributed by atoms with E-state index in [1.807, 2.05) is 6.26 Å². The van der Waals surface area contributed by atoms with Gasteiger partial charge in [0.2, 0.25) is 0 Å². The third kappa shape index (κ3) is 3.80. The molecule has 1 atom stereocenters. The number of carbonyl (C=O) groups is 2. The first-order chi connectivity index (χ1) is 8.03. The molecule has 5 nitrogen and oxygen atoms in total. The van der Waals surface area contributed by atoms with E-state index < -0.39 is 12.0 Å². The Morgan fingerprint density at radius 3 is 2.47 bits per heavy atom. The van der Waals surface area contributed by atoms with Crippen LogP contribution in [0, 0.1) is 0 Å². The molecule has 1 fully saturated rings. The molecule has 2 amide bonds. The Kier molecular flexibility index (Phi) is 5.11. The highest BCUT2D eigenvalue weighted by atomic mass is 32.2. The molecule has 0 bridgehead atoms. The maximum Gasteiger partial charge on any atom is 0.326 e. The van der Waals surface area contributed by atoms with Gasteiger partial charge in [-0.1, -0.05) is 13.3 Å². The van der Waals surface area contributed by atoms with Crippen LogP contribution < -0.4 is 10.6 Å². The molecule has 0 aliphatic heterocycles. The third-order valence-corrected chi connectivity index (χ3v) is 4.70. The number of carboxylic acids is 1. The van der Waals surface area contributed by atoms with Gasteiger partial charge in [0.15, 0.2) is 0 Å². The van der Waals surface area contributed by atoms with Crippen LogP contribution in [0.2, 0.25) is 0 Å². The zero-order chi connectivity index (χ0) is 12.9. The van der Waals surface area contributed by atoms with E-state index in [1.54, 1.807) is 18.7 Å². The number of amides is 2. The molecular formula is C11H20N2O3S. The summed E-state index contributed by atoms with van der Waals surface area (Å²) >= 11 is 1.77. The average molecular weight is 260 g/mol. The van der Waals surface area contributed by atoms with Crippen molar-refractivity contribution < 1.29 is 14.7 Å². The van der Waals surface area contributed by atoms with E-state index in [1.165, 1.54) is 6.42 Å². The second-order valence-electron chi connectivity index (χ2n) is 4.37. The third-order valence-electron chi connectivity index (χ3n) is 3.28. The number of aliphatic carboxylic acids is 1. The van der Waals surface area contributed by atoms with Crippen molar-refractivity contribution in [3.05, 3.63) is 0 Å². The van der Waals surface area contributed by atoms with Crippen LogP contribution in [0.5, 0.6) is 0 Å². The van der Waals surface area contributed by atoms with E-state index in [2.05, 4.69) is 10.6 Å². The van der Waals surface area contributed by atoms with Gasteiger partial charge in [-0.05, 0) is 25.5 Å². The molecule has 1 saturated carbocycles. The Labute approximate surface area is 106 Å². The van der Waals surface area contributed by atoms with Crippen LogP contribution in [0.4, 0.5) is 4.79 Å². The Morgan fingerprint density at radius 2 is 2.12 bits per heavy atom. The van der Waals surface area contributed by atoms with Crippen molar-refractivity contribution in [3.63, 3.8) is 0 Å². The van der Waals surface area contributed by atoms with E-state index in [-0.39, 0.29) is 10.8 Å². The van der Waals surface area contributed by atoms with Crippen molar-refractivity contribution in [1.82, 2.24) is 10.6 Å². The number of carboxylic acid groups (broad SMARTS) is 1. The molecule has 0 heterocycles. The summed E-state index contributed by atoms with van der Waals surface area (Å²) in [6.45, 7) is 2.34. The van der Waals surface area contributed by atoms with Gasteiger partial charge in [-0.25, -0.2) is 9.59 Å². The summed E-state index contributed by atoms with van der Waals surface area (Å²) in [7, 11) is 0. The number of carbonyl (C=O) groups excluding carboxylic acids is 1. The van der Waals surface area contributed by atoms with Crippen molar-refractivity contribution in [1.29, 1.82) is 0 Å². The maximum atomic E-state index is 11.5. The second-order valence-corrected chi connectivity index (χ2v) is 5.64. The molecule has 0 aromatic carbocycles. The summed E-state index contributed by atoms with van der Waals surface area (Å²) in [5, 5.41) is 14.0. The number of nitrogens with one attached hydrogen (secondary N) is 2. The van der Waals surface area contributed by atoms with Crippen molar-refractivity contribution in [2.24, 2.45) is 0 Å². The van der Waals surface area contributed by atoms with Crippen molar-refractivity contribution >= 4 is 23.8 Å². The molecule has 1 aliphatic carbocycles. The molecule has 17 heavy (non-hydrogen) atoms. The fraction of sp³-hybridized carbons (Fsp3) is 0.818. The Morgan fingerprint density at radius 1 is 1.47 bits per heavy atom. The van der Waals surface area contributed by atoms with Gasteiger partial charge >= 0.3 is 12.0 Å². The number of urea groups is 1. The fourth-order valence-electron chi connectivity index (χ4n) is 1.81. The average Bonchev–Trinajstić information content (AvgIpc) is 2.24. The highest BCUT2D eigenvalue weighted by Gasteiger charge is 2.36.